The first-order chi connectivity index (χ1) is 9.69. The zero-order valence-electron chi connectivity index (χ0n) is 11.7. The molecule has 1 fully saturated rings. The van der Waals surface area contributed by atoms with Crippen LogP contribution in [-0.4, -0.2) is 25.6 Å². The van der Waals surface area contributed by atoms with Crippen molar-refractivity contribution < 1.29 is 9.53 Å². The van der Waals surface area contributed by atoms with Gasteiger partial charge in [-0.2, -0.15) is 0 Å². The van der Waals surface area contributed by atoms with Gasteiger partial charge in [0.1, 0.15) is 5.75 Å². The van der Waals surface area contributed by atoms with Gasteiger partial charge < -0.3 is 15.4 Å². The summed E-state index contributed by atoms with van der Waals surface area (Å²) >= 11 is 6.08. The summed E-state index contributed by atoms with van der Waals surface area (Å²) in [6.07, 6.45) is 5.88. The number of hydrogen-bond donors (Lipinski definition) is 2. The summed E-state index contributed by atoms with van der Waals surface area (Å²) in [6.45, 7) is 0.226. The van der Waals surface area contributed by atoms with Crippen LogP contribution in [0.15, 0.2) is 18.2 Å². The van der Waals surface area contributed by atoms with Crippen molar-refractivity contribution in [3.05, 3.63) is 23.2 Å². The number of ether oxygens (including phenoxy) is 1. The molecule has 4 nitrogen and oxygen atoms in total. The van der Waals surface area contributed by atoms with E-state index in [0.717, 1.165) is 12.8 Å². The van der Waals surface area contributed by atoms with Crippen LogP contribution in [0.1, 0.15) is 32.1 Å². The minimum Gasteiger partial charge on any atom is -0.497 e. The van der Waals surface area contributed by atoms with E-state index in [1.54, 1.807) is 25.3 Å². The van der Waals surface area contributed by atoms with E-state index in [9.17, 15) is 4.79 Å². The van der Waals surface area contributed by atoms with E-state index in [4.69, 9.17) is 16.3 Å². The van der Waals surface area contributed by atoms with Crippen molar-refractivity contribution in [2.24, 2.45) is 0 Å². The summed E-state index contributed by atoms with van der Waals surface area (Å²) in [6, 6.07) is 5.66. The lowest BCUT2D eigenvalue weighted by molar-refractivity contribution is -0.120. The quantitative estimate of drug-likeness (QED) is 0.877. The maximum absolute atomic E-state index is 11.9. The third-order valence-corrected chi connectivity index (χ3v) is 3.91. The van der Waals surface area contributed by atoms with Crippen molar-refractivity contribution >= 4 is 23.2 Å². The molecule has 20 heavy (non-hydrogen) atoms. The fourth-order valence-corrected chi connectivity index (χ4v) is 2.65. The minimum atomic E-state index is 0.00999. The first-order valence-electron chi connectivity index (χ1n) is 7.06. The Labute approximate surface area is 124 Å². The highest BCUT2D eigenvalue weighted by Crippen LogP contribution is 2.26. The molecule has 1 amide bonds. The monoisotopic (exact) mass is 296 g/mol. The third-order valence-electron chi connectivity index (χ3n) is 3.58. The van der Waals surface area contributed by atoms with Gasteiger partial charge in [0.05, 0.1) is 24.4 Å². The Bertz CT molecular complexity index is 459. The normalized spacial score (nSPS) is 15.7. The fraction of sp³-hybridized carbons (Fsp3) is 0.533. The van der Waals surface area contributed by atoms with Crippen molar-refractivity contribution in [3.63, 3.8) is 0 Å². The molecular weight excluding hydrogens is 276 g/mol. The molecule has 0 unspecified atom stereocenters. The Morgan fingerprint density at radius 1 is 1.35 bits per heavy atom. The largest absolute Gasteiger partial charge is 0.497 e. The van der Waals surface area contributed by atoms with Crippen molar-refractivity contribution in [2.45, 2.75) is 38.1 Å². The molecule has 0 aromatic heterocycles. The van der Waals surface area contributed by atoms with Crippen LogP contribution in [0.4, 0.5) is 5.69 Å². The maximum Gasteiger partial charge on any atom is 0.239 e. The molecule has 0 spiro atoms. The average Bonchev–Trinajstić information content (AvgIpc) is 2.47. The zero-order valence-corrected chi connectivity index (χ0v) is 12.5. The topological polar surface area (TPSA) is 50.4 Å². The number of benzene rings is 1. The van der Waals surface area contributed by atoms with E-state index in [1.807, 2.05) is 0 Å². The van der Waals surface area contributed by atoms with Gasteiger partial charge in [0.2, 0.25) is 5.91 Å². The van der Waals surface area contributed by atoms with Gasteiger partial charge in [-0.25, -0.2) is 0 Å². The summed E-state index contributed by atoms with van der Waals surface area (Å²) in [5, 5.41) is 6.69. The highest BCUT2D eigenvalue weighted by Gasteiger charge is 2.15. The van der Waals surface area contributed by atoms with Crippen LogP contribution in [0.5, 0.6) is 5.75 Å². The highest BCUT2D eigenvalue weighted by molar-refractivity contribution is 6.33. The molecule has 0 saturated heterocycles. The van der Waals surface area contributed by atoms with Gasteiger partial charge in [-0.3, -0.25) is 4.79 Å². The minimum absolute atomic E-state index is 0.00999. The summed E-state index contributed by atoms with van der Waals surface area (Å²) in [5.41, 5.74) is 0.713. The van der Waals surface area contributed by atoms with Crippen LogP contribution in [0.2, 0.25) is 5.02 Å². The standard InChI is InChI=1S/C15H21ClN2O2/c1-20-12-7-8-13(16)14(9-12)17-10-15(19)18-11-5-3-2-4-6-11/h7-9,11,17H,2-6,10H2,1H3,(H,18,19). The van der Waals surface area contributed by atoms with Crippen LogP contribution >= 0.6 is 11.6 Å². The number of halogens is 1. The summed E-state index contributed by atoms with van der Waals surface area (Å²) in [5.74, 6) is 0.723. The lowest BCUT2D eigenvalue weighted by Gasteiger charge is -2.23. The SMILES string of the molecule is COc1ccc(Cl)c(NCC(=O)NC2CCCCC2)c1. The van der Waals surface area contributed by atoms with Crippen LogP contribution in [0, 0.1) is 0 Å². The lowest BCUT2D eigenvalue weighted by atomic mass is 9.95. The van der Waals surface area contributed by atoms with E-state index in [1.165, 1.54) is 19.3 Å². The Balaban J connectivity index is 1.83. The molecule has 1 saturated carbocycles. The molecule has 1 aliphatic carbocycles. The second-order valence-corrected chi connectivity index (χ2v) is 5.51. The third kappa shape index (κ3) is 4.30. The van der Waals surface area contributed by atoms with Crippen molar-refractivity contribution in [1.82, 2.24) is 5.32 Å². The Hall–Kier alpha value is -1.42. The predicted octanol–water partition coefficient (Wildman–Crippen LogP) is 3.21. The number of anilines is 1. The van der Waals surface area contributed by atoms with Gasteiger partial charge in [-0.05, 0) is 25.0 Å². The van der Waals surface area contributed by atoms with Crippen LogP contribution in [-0.2, 0) is 4.79 Å². The van der Waals surface area contributed by atoms with Gasteiger partial charge in [0, 0.05) is 12.1 Å². The summed E-state index contributed by atoms with van der Waals surface area (Å²) < 4.78 is 5.14. The molecule has 0 atom stereocenters. The molecule has 0 bridgehead atoms. The van der Waals surface area contributed by atoms with Crippen LogP contribution < -0.4 is 15.4 Å². The first kappa shape index (κ1) is 15.0. The van der Waals surface area contributed by atoms with Gasteiger partial charge in [-0.1, -0.05) is 30.9 Å². The van der Waals surface area contributed by atoms with Crippen LogP contribution in [0.3, 0.4) is 0 Å². The smallest absolute Gasteiger partial charge is 0.239 e. The van der Waals surface area contributed by atoms with E-state index in [-0.39, 0.29) is 12.5 Å². The van der Waals surface area contributed by atoms with E-state index < -0.39 is 0 Å². The van der Waals surface area contributed by atoms with Crippen molar-refractivity contribution in [2.75, 3.05) is 19.0 Å². The molecule has 5 heteroatoms. The predicted molar refractivity (Wildman–Crippen MR) is 81.5 cm³/mol. The number of amides is 1. The molecule has 1 aromatic carbocycles. The number of rotatable bonds is 5. The number of methoxy groups -OCH3 is 1. The maximum atomic E-state index is 11.9. The molecular formula is C15H21ClN2O2. The number of carbonyl (C=O) groups is 1. The highest BCUT2D eigenvalue weighted by atomic mass is 35.5. The molecule has 0 radical (unpaired) electrons. The lowest BCUT2D eigenvalue weighted by Crippen LogP contribution is -2.39. The molecule has 2 N–H and O–H groups in total. The van der Waals surface area contributed by atoms with Crippen molar-refractivity contribution in [3.8, 4) is 5.75 Å². The Morgan fingerprint density at radius 2 is 2.10 bits per heavy atom. The number of carbonyl (C=O) groups excluding carboxylic acids is 1. The van der Waals surface area contributed by atoms with E-state index >= 15 is 0 Å². The Morgan fingerprint density at radius 3 is 2.80 bits per heavy atom. The molecule has 0 aliphatic heterocycles. The molecule has 1 aliphatic rings. The number of hydrogen-bond acceptors (Lipinski definition) is 3. The van der Waals surface area contributed by atoms with E-state index in [0.29, 0.717) is 22.5 Å². The fourth-order valence-electron chi connectivity index (χ4n) is 2.47. The van der Waals surface area contributed by atoms with E-state index in [2.05, 4.69) is 10.6 Å². The van der Waals surface area contributed by atoms with Crippen LogP contribution in [0.25, 0.3) is 0 Å². The Kier molecular flexibility index (Phi) is 5.53. The molecule has 2 rings (SSSR count). The van der Waals surface area contributed by atoms with Gasteiger partial charge in [0.15, 0.2) is 0 Å². The average molecular weight is 297 g/mol. The van der Waals surface area contributed by atoms with Gasteiger partial charge >= 0.3 is 0 Å². The zero-order chi connectivity index (χ0) is 14.4. The summed E-state index contributed by atoms with van der Waals surface area (Å²) in [4.78, 5) is 11.9. The second-order valence-electron chi connectivity index (χ2n) is 5.10. The first-order valence-corrected chi connectivity index (χ1v) is 7.43. The number of nitrogens with one attached hydrogen (secondary N) is 2. The molecule has 0 heterocycles. The van der Waals surface area contributed by atoms with Gasteiger partial charge in [-0.15, -0.1) is 0 Å². The molecule has 110 valence electrons. The molecule has 1 aromatic rings. The second kappa shape index (κ2) is 7.39. The van der Waals surface area contributed by atoms with Crippen molar-refractivity contribution in [1.29, 1.82) is 0 Å². The van der Waals surface area contributed by atoms with Gasteiger partial charge in [0.25, 0.3) is 0 Å². The summed E-state index contributed by atoms with van der Waals surface area (Å²) in [7, 11) is 1.60.